The van der Waals surface area contributed by atoms with Gasteiger partial charge in [0.15, 0.2) is 0 Å². The number of amides is 2. The van der Waals surface area contributed by atoms with E-state index in [-0.39, 0.29) is 16.7 Å². The van der Waals surface area contributed by atoms with Gasteiger partial charge in [-0.25, -0.2) is 0 Å². The molecule has 0 aromatic carbocycles. The molecule has 0 unspecified atom stereocenters. The molecule has 0 aromatic heterocycles. The second-order valence-electron chi connectivity index (χ2n) is 11.2. The van der Waals surface area contributed by atoms with Gasteiger partial charge in [0.25, 0.3) is 0 Å². The maximum Gasteiger partial charge on any atom is 0.222 e. The molecule has 3 aliphatic carbocycles. The van der Waals surface area contributed by atoms with Crippen molar-refractivity contribution >= 4 is 11.8 Å². The van der Waals surface area contributed by atoms with Crippen LogP contribution in [0.4, 0.5) is 0 Å². The van der Waals surface area contributed by atoms with Crippen molar-refractivity contribution in [2.75, 3.05) is 13.6 Å². The summed E-state index contributed by atoms with van der Waals surface area (Å²) in [5, 5.41) is 0. The monoisotopic (exact) mass is 402 g/mol. The molecule has 3 saturated carbocycles. The number of nitrogens with zero attached hydrogens (tertiary/aromatic N) is 2. The van der Waals surface area contributed by atoms with Gasteiger partial charge in [-0.05, 0) is 80.0 Å². The zero-order chi connectivity index (χ0) is 21.0. The average Bonchev–Trinajstić information content (AvgIpc) is 3.02. The predicted molar refractivity (Wildman–Crippen MR) is 116 cm³/mol. The number of piperidine rings is 1. The maximum absolute atomic E-state index is 12.5. The van der Waals surface area contributed by atoms with Crippen LogP contribution in [0.2, 0.25) is 0 Å². The van der Waals surface area contributed by atoms with Crippen molar-refractivity contribution in [1.82, 2.24) is 9.80 Å². The lowest BCUT2D eigenvalue weighted by Crippen LogP contribution is -2.62. The average molecular weight is 403 g/mol. The number of hydrogen-bond acceptors (Lipinski definition) is 2. The van der Waals surface area contributed by atoms with Gasteiger partial charge in [0.2, 0.25) is 11.8 Å². The summed E-state index contributed by atoms with van der Waals surface area (Å²) < 4.78 is 0. The molecule has 4 aliphatic rings. The Labute approximate surface area is 177 Å². The van der Waals surface area contributed by atoms with Crippen molar-refractivity contribution in [3.05, 3.63) is 0 Å². The van der Waals surface area contributed by atoms with Gasteiger partial charge in [0, 0.05) is 39.0 Å². The molecule has 7 atom stereocenters. The van der Waals surface area contributed by atoms with Crippen LogP contribution in [0.25, 0.3) is 0 Å². The van der Waals surface area contributed by atoms with Crippen LogP contribution in [0.5, 0.6) is 0 Å². The molecule has 164 valence electrons. The third-order valence-electron chi connectivity index (χ3n) is 10.0. The van der Waals surface area contributed by atoms with Crippen LogP contribution in [-0.4, -0.2) is 47.3 Å². The fourth-order valence-corrected chi connectivity index (χ4v) is 8.50. The fraction of sp³-hybridized carbons (Fsp3) is 0.920. The summed E-state index contributed by atoms with van der Waals surface area (Å²) in [7, 11) is 2.04. The van der Waals surface area contributed by atoms with Crippen LogP contribution in [0.1, 0.15) is 91.9 Å². The third kappa shape index (κ3) is 3.15. The number of fused-ring (bicyclic) bond motifs is 5. The lowest BCUT2D eigenvalue weighted by atomic mass is 9.47. The van der Waals surface area contributed by atoms with Crippen molar-refractivity contribution in [3.8, 4) is 0 Å². The van der Waals surface area contributed by atoms with Crippen molar-refractivity contribution in [1.29, 1.82) is 0 Å². The molecule has 4 rings (SSSR count). The SMILES string of the molecule is CCCCN(C(C)=O)[C@H]1CC[C@H]2[C@@H]3CC[C@H]4N(C)C(=O)CC[C@]4(C)[C@H]3CC[C@]12C. The van der Waals surface area contributed by atoms with E-state index in [0.29, 0.717) is 18.0 Å². The highest BCUT2D eigenvalue weighted by Gasteiger charge is 2.61. The smallest absolute Gasteiger partial charge is 0.222 e. The number of carbonyl (C=O) groups excluding carboxylic acids is 2. The molecule has 0 aromatic rings. The summed E-state index contributed by atoms with van der Waals surface area (Å²) in [6.45, 7) is 9.93. The number of unbranched alkanes of at least 4 members (excludes halogenated alkanes) is 1. The van der Waals surface area contributed by atoms with Crippen molar-refractivity contribution in [3.63, 3.8) is 0 Å². The van der Waals surface area contributed by atoms with E-state index in [4.69, 9.17) is 0 Å². The zero-order valence-electron chi connectivity index (χ0n) is 19.4. The van der Waals surface area contributed by atoms with Crippen LogP contribution in [0.15, 0.2) is 0 Å². The van der Waals surface area contributed by atoms with Crippen LogP contribution >= 0.6 is 0 Å². The normalized spacial score (nSPS) is 44.1. The quantitative estimate of drug-likeness (QED) is 0.673. The molecule has 0 spiro atoms. The van der Waals surface area contributed by atoms with Gasteiger partial charge in [-0.1, -0.05) is 27.2 Å². The van der Waals surface area contributed by atoms with Gasteiger partial charge in [0.1, 0.15) is 0 Å². The first-order chi connectivity index (χ1) is 13.7. The molecule has 0 N–H and O–H groups in total. The second-order valence-corrected chi connectivity index (χ2v) is 11.2. The highest BCUT2D eigenvalue weighted by Crippen LogP contribution is 2.65. The molecule has 4 fully saturated rings. The Morgan fingerprint density at radius 3 is 2.48 bits per heavy atom. The first kappa shape index (κ1) is 21.2. The molecule has 29 heavy (non-hydrogen) atoms. The van der Waals surface area contributed by atoms with Crippen LogP contribution < -0.4 is 0 Å². The van der Waals surface area contributed by atoms with Crippen molar-refractivity contribution in [2.24, 2.45) is 28.6 Å². The van der Waals surface area contributed by atoms with Crippen LogP contribution in [-0.2, 0) is 9.59 Å². The predicted octanol–water partition coefficient (Wildman–Crippen LogP) is 4.87. The molecule has 0 bridgehead atoms. The molecular formula is C25H42N2O2. The minimum Gasteiger partial charge on any atom is -0.342 e. The van der Waals surface area contributed by atoms with Gasteiger partial charge >= 0.3 is 0 Å². The summed E-state index contributed by atoms with van der Waals surface area (Å²) in [5.74, 6) is 2.89. The van der Waals surface area contributed by atoms with E-state index in [1.54, 1.807) is 6.92 Å². The molecule has 4 nitrogen and oxygen atoms in total. The summed E-state index contributed by atoms with van der Waals surface area (Å²) in [6.07, 6.45) is 11.5. The Bertz CT molecular complexity index is 663. The van der Waals surface area contributed by atoms with E-state index < -0.39 is 0 Å². The number of rotatable bonds is 4. The van der Waals surface area contributed by atoms with E-state index in [1.165, 1.54) is 38.5 Å². The lowest BCUT2D eigenvalue weighted by Gasteiger charge is -2.62. The van der Waals surface area contributed by atoms with Crippen molar-refractivity contribution < 1.29 is 9.59 Å². The number of likely N-dealkylation sites (tertiary alicyclic amines) is 1. The lowest BCUT2D eigenvalue weighted by molar-refractivity contribution is -0.159. The van der Waals surface area contributed by atoms with Crippen LogP contribution in [0.3, 0.4) is 0 Å². The Morgan fingerprint density at radius 1 is 1.07 bits per heavy atom. The van der Waals surface area contributed by atoms with Crippen LogP contribution in [0, 0.1) is 28.6 Å². The van der Waals surface area contributed by atoms with Gasteiger partial charge in [0.05, 0.1) is 0 Å². The summed E-state index contributed by atoms with van der Waals surface area (Å²) in [5.41, 5.74) is 0.563. The number of carbonyl (C=O) groups is 2. The minimum absolute atomic E-state index is 0.274. The second kappa shape index (κ2) is 7.57. The van der Waals surface area contributed by atoms with E-state index in [2.05, 4.69) is 30.6 Å². The number of hydrogen-bond donors (Lipinski definition) is 0. The zero-order valence-corrected chi connectivity index (χ0v) is 19.4. The summed E-state index contributed by atoms with van der Waals surface area (Å²) >= 11 is 0. The molecule has 4 heteroatoms. The first-order valence-electron chi connectivity index (χ1n) is 12.3. The van der Waals surface area contributed by atoms with E-state index >= 15 is 0 Å². The Kier molecular flexibility index (Phi) is 5.53. The van der Waals surface area contributed by atoms with Crippen molar-refractivity contribution in [2.45, 2.75) is 104 Å². The largest absolute Gasteiger partial charge is 0.342 e. The maximum atomic E-state index is 12.5. The highest BCUT2D eigenvalue weighted by molar-refractivity contribution is 5.77. The standard InChI is InChI=1S/C25H42N2O2/c1-6-7-16-27(17(2)28)22-11-9-19-18-8-10-21-24(3,15-13-23(29)26(21)5)20(18)12-14-25(19,22)4/h18-22H,6-16H2,1-5H3/t18-,19-,20-,21+,22-,24+,25-/m0/s1. The van der Waals surface area contributed by atoms with E-state index in [9.17, 15) is 9.59 Å². The Hall–Kier alpha value is -1.06. The van der Waals surface area contributed by atoms with Gasteiger partial charge < -0.3 is 9.80 Å². The molecule has 1 saturated heterocycles. The summed E-state index contributed by atoms with van der Waals surface area (Å²) in [4.78, 5) is 29.2. The minimum atomic E-state index is 0.274. The van der Waals surface area contributed by atoms with Gasteiger partial charge in [-0.15, -0.1) is 0 Å². The van der Waals surface area contributed by atoms with Gasteiger partial charge in [-0.2, -0.15) is 0 Å². The molecule has 1 aliphatic heterocycles. The van der Waals surface area contributed by atoms with E-state index in [0.717, 1.165) is 50.0 Å². The molecule has 1 heterocycles. The Balaban J connectivity index is 1.58. The topological polar surface area (TPSA) is 40.6 Å². The Morgan fingerprint density at radius 2 is 1.79 bits per heavy atom. The van der Waals surface area contributed by atoms with Gasteiger partial charge in [-0.3, -0.25) is 9.59 Å². The summed E-state index contributed by atoms with van der Waals surface area (Å²) in [6, 6.07) is 0.864. The third-order valence-corrected chi connectivity index (χ3v) is 10.0. The molecule has 2 amide bonds. The van der Waals surface area contributed by atoms with E-state index in [1.807, 2.05) is 7.05 Å². The first-order valence-corrected chi connectivity index (χ1v) is 12.3. The molecular weight excluding hydrogens is 360 g/mol. The fourth-order valence-electron chi connectivity index (χ4n) is 8.50. The highest BCUT2D eigenvalue weighted by atomic mass is 16.2. The molecule has 0 radical (unpaired) electrons.